The number of rotatable bonds is 7. The summed E-state index contributed by atoms with van der Waals surface area (Å²) in [5.74, 6) is -0.109. The van der Waals surface area contributed by atoms with E-state index in [4.69, 9.17) is 4.74 Å². The van der Waals surface area contributed by atoms with Crippen LogP contribution in [0.3, 0.4) is 0 Å². The summed E-state index contributed by atoms with van der Waals surface area (Å²) in [6.45, 7) is 3.60. The van der Waals surface area contributed by atoms with E-state index in [1.807, 2.05) is 24.3 Å². The van der Waals surface area contributed by atoms with E-state index in [0.29, 0.717) is 23.3 Å². The van der Waals surface area contributed by atoms with Crippen LogP contribution in [0.5, 0.6) is 5.75 Å². The number of ether oxygens (including phenoxy) is 1. The Labute approximate surface area is 146 Å². The number of carbonyl (C=O) groups is 2. The zero-order valence-electron chi connectivity index (χ0n) is 13.7. The molecule has 0 saturated heterocycles. The predicted octanol–water partition coefficient (Wildman–Crippen LogP) is 2.45. The van der Waals surface area contributed by atoms with Crippen LogP contribution in [0.25, 0.3) is 0 Å². The molecular weight excluding hydrogens is 318 g/mol. The molecule has 2 aromatic carbocycles. The number of aliphatic hydroxyl groups excluding tert-OH is 1. The van der Waals surface area contributed by atoms with Crippen LogP contribution >= 0.6 is 0 Å². The summed E-state index contributed by atoms with van der Waals surface area (Å²) in [5, 5.41) is 10.2. The Morgan fingerprint density at radius 2 is 1.64 bits per heavy atom. The van der Waals surface area contributed by atoms with E-state index >= 15 is 0 Å². The van der Waals surface area contributed by atoms with Gasteiger partial charge >= 0.3 is 0 Å². The number of nitrogens with zero attached hydrogens (tertiary/aromatic N) is 1. The highest BCUT2D eigenvalue weighted by Crippen LogP contribution is 2.23. The first-order chi connectivity index (χ1) is 12.1. The number of benzene rings is 2. The third-order valence-corrected chi connectivity index (χ3v) is 4.04. The van der Waals surface area contributed by atoms with E-state index in [2.05, 4.69) is 6.58 Å². The van der Waals surface area contributed by atoms with Crippen LogP contribution in [0.4, 0.5) is 0 Å². The maximum atomic E-state index is 12.3. The fraction of sp³-hybridized carbons (Fsp3) is 0.200. The van der Waals surface area contributed by atoms with Crippen molar-refractivity contribution in [3.8, 4) is 5.75 Å². The number of amides is 2. The van der Waals surface area contributed by atoms with Gasteiger partial charge in [0.15, 0.2) is 0 Å². The largest absolute Gasteiger partial charge is 0.491 e. The first kappa shape index (κ1) is 16.9. The Kier molecular flexibility index (Phi) is 4.95. The molecule has 0 spiro atoms. The molecule has 128 valence electrons. The zero-order chi connectivity index (χ0) is 17.8. The molecule has 0 aliphatic carbocycles. The molecule has 1 aliphatic heterocycles. The molecule has 0 radical (unpaired) electrons. The van der Waals surface area contributed by atoms with Crippen LogP contribution in [0, 0.1) is 0 Å². The molecule has 0 unspecified atom stereocenters. The van der Waals surface area contributed by atoms with E-state index in [0.717, 1.165) is 10.5 Å². The first-order valence-electron chi connectivity index (χ1n) is 8.06. The van der Waals surface area contributed by atoms with Gasteiger partial charge in [0, 0.05) is 0 Å². The van der Waals surface area contributed by atoms with Crippen LogP contribution in [-0.4, -0.2) is 41.1 Å². The Morgan fingerprint density at radius 1 is 1.04 bits per heavy atom. The molecule has 3 rings (SSSR count). The Bertz CT molecular complexity index is 780. The van der Waals surface area contributed by atoms with Gasteiger partial charge in [0.05, 0.1) is 17.7 Å². The van der Waals surface area contributed by atoms with Crippen molar-refractivity contribution in [2.24, 2.45) is 0 Å². The lowest BCUT2D eigenvalue weighted by Crippen LogP contribution is -2.39. The summed E-state index contributed by atoms with van der Waals surface area (Å²) in [5.41, 5.74) is 1.71. The number of hydrogen-bond acceptors (Lipinski definition) is 4. The molecule has 1 atom stereocenters. The maximum absolute atomic E-state index is 12.3. The van der Waals surface area contributed by atoms with Crippen molar-refractivity contribution in [2.45, 2.75) is 12.5 Å². The van der Waals surface area contributed by atoms with Crippen molar-refractivity contribution in [3.05, 3.63) is 77.9 Å². The van der Waals surface area contributed by atoms with E-state index in [-0.39, 0.29) is 25.0 Å². The lowest BCUT2D eigenvalue weighted by molar-refractivity contribution is 0.0456. The second-order valence-corrected chi connectivity index (χ2v) is 5.83. The van der Waals surface area contributed by atoms with Crippen LogP contribution in [-0.2, 0) is 6.42 Å². The second kappa shape index (κ2) is 7.32. The SMILES string of the molecule is C=CCc1ccccc1OC[C@@H](O)CN1C(=O)c2ccccc2C1=O. The summed E-state index contributed by atoms with van der Waals surface area (Å²) in [7, 11) is 0. The van der Waals surface area contributed by atoms with Crippen molar-refractivity contribution in [2.75, 3.05) is 13.2 Å². The van der Waals surface area contributed by atoms with Gasteiger partial charge in [-0.05, 0) is 30.2 Å². The van der Waals surface area contributed by atoms with Gasteiger partial charge < -0.3 is 9.84 Å². The van der Waals surface area contributed by atoms with Crippen LogP contribution in [0.2, 0.25) is 0 Å². The summed E-state index contributed by atoms with van der Waals surface area (Å²) < 4.78 is 5.66. The molecule has 0 fully saturated rings. The minimum absolute atomic E-state index is 0.0123. The quantitative estimate of drug-likeness (QED) is 0.622. The molecule has 0 aromatic heterocycles. The van der Waals surface area contributed by atoms with Crippen molar-refractivity contribution in [1.82, 2.24) is 4.90 Å². The molecule has 5 heteroatoms. The maximum Gasteiger partial charge on any atom is 0.261 e. The predicted molar refractivity (Wildman–Crippen MR) is 93.7 cm³/mol. The molecule has 0 bridgehead atoms. The number of carbonyl (C=O) groups excluding carboxylic acids is 2. The Balaban J connectivity index is 1.63. The van der Waals surface area contributed by atoms with Crippen molar-refractivity contribution in [1.29, 1.82) is 0 Å². The Morgan fingerprint density at radius 3 is 2.28 bits per heavy atom. The highest BCUT2D eigenvalue weighted by atomic mass is 16.5. The third kappa shape index (κ3) is 3.46. The Hall–Kier alpha value is -2.92. The van der Waals surface area contributed by atoms with Crippen LogP contribution in [0.15, 0.2) is 61.2 Å². The smallest absolute Gasteiger partial charge is 0.261 e. The number of β-amino-alcohol motifs (C(OH)–C–C–N with tert-alkyl or cyclic N) is 1. The van der Waals surface area contributed by atoms with Gasteiger partial charge in [-0.1, -0.05) is 36.4 Å². The van der Waals surface area contributed by atoms with Crippen molar-refractivity contribution in [3.63, 3.8) is 0 Å². The summed E-state index contributed by atoms with van der Waals surface area (Å²) in [6, 6.07) is 14.1. The van der Waals surface area contributed by atoms with Gasteiger partial charge in [-0.3, -0.25) is 14.5 Å². The lowest BCUT2D eigenvalue weighted by atomic mass is 10.1. The van der Waals surface area contributed by atoms with Gasteiger partial charge in [-0.25, -0.2) is 0 Å². The van der Waals surface area contributed by atoms with Crippen LogP contribution < -0.4 is 4.74 Å². The fourth-order valence-electron chi connectivity index (χ4n) is 2.82. The number of fused-ring (bicyclic) bond motifs is 1. The number of aliphatic hydroxyl groups is 1. The molecule has 0 saturated carbocycles. The van der Waals surface area contributed by atoms with E-state index in [9.17, 15) is 14.7 Å². The highest BCUT2D eigenvalue weighted by molar-refractivity contribution is 6.21. The van der Waals surface area contributed by atoms with Gasteiger partial charge in [0.1, 0.15) is 18.5 Å². The van der Waals surface area contributed by atoms with Crippen molar-refractivity contribution < 1.29 is 19.4 Å². The van der Waals surface area contributed by atoms with Gasteiger partial charge in [-0.15, -0.1) is 6.58 Å². The number of hydrogen-bond donors (Lipinski definition) is 1. The third-order valence-electron chi connectivity index (χ3n) is 4.04. The summed E-state index contributed by atoms with van der Waals surface area (Å²) in [4.78, 5) is 25.7. The minimum atomic E-state index is -0.973. The number of allylic oxidation sites excluding steroid dienone is 1. The van der Waals surface area contributed by atoms with E-state index < -0.39 is 6.10 Å². The lowest BCUT2D eigenvalue weighted by Gasteiger charge is -2.19. The first-order valence-corrected chi connectivity index (χ1v) is 8.06. The molecular formula is C20H19NO4. The molecule has 1 N–H and O–H groups in total. The van der Waals surface area contributed by atoms with Gasteiger partial charge in [0.25, 0.3) is 11.8 Å². The molecule has 1 heterocycles. The van der Waals surface area contributed by atoms with Gasteiger partial charge in [0.2, 0.25) is 0 Å². The minimum Gasteiger partial charge on any atom is -0.491 e. The number of para-hydroxylation sites is 1. The fourth-order valence-corrected chi connectivity index (χ4v) is 2.82. The molecule has 25 heavy (non-hydrogen) atoms. The van der Waals surface area contributed by atoms with Gasteiger partial charge in [-0.2, -0.15) is 0 Å². The monoisotopic (exact) mass is 337 g/mol. The normalized spacial score (nSPS) is 14.4. The average molecular weight is 337 g/mol. The average Bonchev–Trinajstić information content (AvgIpc) is 2.87. The number of imide groups is 1. The second-order valence-electron chi connectivity index (χ2n) is 5.83. The van der Waals surface area contributed by atoms with E-state index in [1.54, 1.807) is 30.3 Å². The molecule has 5 nitrogen and oxygen atoms in total. The highest BCUT2D eigenvalue weighted by Gasteiger charge is 2.36. The van der Waals surface area contributed by atoms with Crippen LogP contribution in [0.1, 0.15) is 26.3 Å². The van der Waals surface area contributed by atoms with E-state index in [1.165, 1.54) is 0 Å². The topological polar surface area (TPSA) is 66.8 Å². The summed E-state index contributed by atoms with van der Waals surface area (Å²) in [6.07, 6.45) is 1.46. The summed E-state index contributed by atoms with van der Waals surface area (Å²) >= 11 is 0. The zero-order valence-corrected chi connectivity index (χ0v) is 13.7. The van der Waals surface area contributed by atoms with Crippen molar-refractivity contribution >= 4 is 11.8 Å². The molecule has 2 amide bonds. The molecule has 2 aromatic rings. The standard InChI is InChI=1S/C20H19NO4/c1-2-7-14-8-3-6-11-18(14)25-13-15(22)12-21-19(23)16-9-4-5-10-17(16)20(21)24/h2-6,8-11,15,22H,1,7,12-13H2/t15-/m0/s1. The molecule has 1 aliphatic rings.